The highest BCUT2D eigenvalue weighted by Gasteiger charge is 2.09. The molecule has 0 saturated heterocycles. The van der Waals surface area contributed by atoms with E-state index in [-0.39, 0.29) is 21.8 Å². The molecule has 5 aromatic rings. The molecule has 3 aromatic heterocycles. The van der Waals surface area contributed by atoms with Gasteiger partial charge in [-0.05, 0) is 59.8 Å². The highest BCUT2D eigenvalue weighted by atomic mass is 32.1. The van der Waals surface area contributed by atoms with E-state index >= 15 is 0 Å². The lowest BCUT2D eigenvalue weighted by Gasteiger charge is -2.12. The quantitative estimate of drug-likeness (QED) is 0.194. The Morgan fingerprint density at radius 1 is 0.795 bits per heavy atom. The van der Waals surface area contributed by atoms with Crippen LogP contribution in [0.15, 0.2) is 64.4 Å². The summed E-state index contributed by atoms with van der Waals surface area (Å²) >= 11 is 10.3. The van der Waals surface area contributed by atoms with Crippen molar-refractivity contribution < 1.29 is 9.47 Å². The van der Waals surface area contributed by atoms with Gasteiger partial charge in [-0.2, -0.15) is 0 Å². The molecule has 0 amide bonds. The number of H-pyrrole nitrogens is 3. The minimum absolute atomic E-state index is 0.0258. The lowest BCUT2D eigenvalue weighted by molar-refractivity contribution is 0.414. The number of ether oxygens (including phenoxy) is 2. The van der Waals surface area contributed by atoms with Gasteiger partial charge in [-0.25, -0.2) is 4.98 Å². The van der Waals surface area contributed by atoms with Crippen molar-refractivity contribution in [1.29, 1.82) is 0 Å². The lowest BCUT2D eigenvalue weighted by atomic mass is 10.2. The summed E-state index contributed by atoms with van der Waals surface area (Å²) in [6.07, 6.45) is 1.49. The van der Waals surface area contributed by atoms with Gasteiger partial charge in [0, 0.05) is 0 Å². The number of rotatable bonds is 6. The van der Waals surface area contributed by atoms with Gasteiger partial charge in [-0.3, -0.25) is 28.7 Å². The van der Waals surface area contributed by atoms with Crippen LogP contribution < -0.4 is 32.1 Å². The van der Waals surface area contributed by atoms with Gasteiger partial charge in [-0.1, -0.05) is 24.3 Å². The molecular weight excluding hydrogens is 540 g/mol. The molecule has 202 valence electrons. The van der Waals surface area contributed by atoms with Crippen LogP contribution in [-0.4, -0.2) is 43.3 Å². The van der Waals surface area contributed by atoms with E-state index in [4.69, 9.17) is 45.4 Å². The van der Waals surface area contributed by atoms with Crippen molar-refractivity contribution in [2.45, 2.75) is 13.1 Å². The Morgan fingerprint density at radius 2 is 1.28 bits per heavy atom. The van der Waals surface area contributed by atoms with Crippen molar-refractivity contribution in [3.8, 4) is 11.5 Å². The standard InChI is InChI=1S/C13H12N4O2S.C12H14N4O2S/c1-19-9-4-2-8(3-5-9)6-17-11-10(14-7-15-11)12(18)16-13(17)20;1-18-8-4-2-7(3-5-8)6-16-10(14)9(13)11(17)15-12(16)19/h2-5,7H,6H2,1H3,(H,14,15)(H,16,18,20);2-5H,6,13-14H2,1H3,(H,15,17,19). The van der Waals surface area contributed by atoms with E-state index < -0.39 is 5.56 Å². The first-order valence-corrected chi connectivity index (χ1v) is 12.3. The zero-order valence-corrected chi connectivity index (χ0v) is 22.7. The molecule has 0 saturated carbocycles. The van der Waals surface area contributed by atoms with Crippen molar-refractivity contribution >= 4 is 47.1 Å². The monoisotopic (exact) mass is 566 g/mol. The van der Waals surface area contributed by atoms with Crippen LogP contribution in [0.2, 0.25) is 0 Å². The molecule has 2 aromatic carbocycles. The molecule has 0 aliphatic rings. The molecule has 0 atom stereocenters. The van der Waals surface area contributed by atoms with Gasteiger partial charge in [-0.15, -0.1) is 0 Å². The minimum atomic E-state index is -0.464. The molecule has 0 spiro atoms. The number of methoxy groups -OCH3 is 2. The molecule has 14 heteroatoms. The summed E-state index contributed by atoms with van der Waals surface area (Å²) in [5.41, 5.74) is 13.6. The average Bonchev–Trinajstić information content (AvgIpc) is 3.44. The number of benzene rings is 2. The summed E-state index contributed by atoms with van der Waals surface area (Å²) in [7, 11) is 3.23. The van der Waals surface area contributed by atoms with E-state index in [1.54, 1.807) is 23.4 Å². The molecule has 39 heavy (non-hydrogen) atoms. The highest BCUT2D eigenvalue weighted by molar-refractivity contribution is 7.71. The number of hydrogen-bond donors (Lipinski definition) is 5. The minimum Gasteiger partial charge on any atom is -0.497 e. The second-order valence-corrected chi connectivity index (χ2v) is 9.06. The molecule has 0 unspecified atom stereocenters. The number of aromatic amines is 3. The van der Waals surface area contributed by atoms with Crippen molar-refractivity contribution in [3.05, 3.63) is 96.2 Å². The van der Waals surface area contributed by atoms with Crippen LogP contribution in [0.4, 0.5) is 11.5 Å². The topological polar surface area (TPSA) is 175 Å². The molecule has 0 bridgehead atoms. The van der Waals surface area contributed by atoms with Gasteiger partial charge in [0.05, 0.1) is 33.6 Å². The molecule has 3 heterocycles. The summed E-state index contributed by atoms with van der Waals surface area (Å²) in [5.74, 6) is 1.73. The van der Waals surface area contributed by atoms with Crippen LogP contribution in [-0.2, 0) is 13.1 Å². The van der Waals surface area contributed by atoms with Gasteiger partial charge >= 0.3 is 0 Å². The van der Waals surface area contributed by atoms with E-state index in [2.05, 4.69) is 19.9 Å². The maximum absolute atomic E-state index is 11.7. The molecular formula is C25H26N8O4S2. The number of nitrogens with zero attached hydrogens (tertiary/aromatic N) is 3. The van der Waals surface area contributed by atoms with Crippen molar-refractivity contribution in [2.24, 2.45) is 0 Å². The van der Waals surface area contributed by atoms with E-state index in [9.17, 15) is 9.59 Å². The van der Waals surface area contributed by atoms with E-state index in [0.717, 1.165) is 22.6 Å². The fourth-order valence-electron chi connectivity index (χ4n) is 3.72. The largest absolute Gasteiger partial charge is 0.497 e. The Labute approximate surface area is 231 Å². The average molecular weight is 567 g/mol. The van der Waals surface area contributed by atoms with Crippen molar-refractivity contribution in [2.75, 3.05) is 25.7 Å². The summed E-state index contributed by atoms with van der Waals surface area (Å²) in [5, 5.41) is 0. The number of imidazole rings is 1. The zero-order valence-electron chi connectivity index (χ0n) is 21.1. The Morgan fingerprint density at radius 3 is 1.82 bits per heavy atom. The van der Waals surface area contributed by atoms with Gasteiger partial charge in [0.1, 0.15) is 28.5 Å². The van der Waals surface area contributed by atoms with Crippen LogP contribution in [0.3, 0.4) is 0 Å². The Hall–Kier alpha value is -4.69. The SMILES string of the molecule is COc1ccc(Cn2c(=S)[nH]c(=O)c3[nH]cnc32)cc1.COc1ccc(Cn2c(N)c(N)c(=O)[nH]c2=S)cc1. The number of aromatic nitrogens is 6. The molecule has 0 aliphatic heterocycles. The van der Waals surface area contributed by atoms with E-state index in [0.29, 0.717) is 29.0 Å². The molecule has 0 radical (unpaired) electrons. The molecule has 12 nitrogen and oxygen atoms in total. The predicted molar refractivity (Wildman–Crippen MR) is 154 cm³/mol. The normalized spacial score (nSPS) is 10.6. The van der Waals surface area contributed by atoms with Gasteiger partial charge in [0.2, 0.25) is 0 Å². The maximum Gasteiger partial charge on any atom is 0.277 e. The van der Waals surface area contributed by atoms with Crippen LogP contribution in [0.25, 0.3) is 11.2 Å². The third-order valence-electron chi connectivity index (χ3n) is 5.84. The zero-order chi connectivity index (χ0) is 28.1. The molecule has 5 rings (SSSR count). The second-order valence-electron chi connectivity index (χ2n) is 8.29. The number of anilines is 2. The fourth-order valence-corrected chi connectivity index (χ4v) is 4.22. The van der Waals surface area contributed by atoms with Crippen LogP contribution in [0, 0.1) is 9.54 Å². The van der Waals surface area contributed by atoms with Gasteiger partial charge < -0.3 is 25.9 Å². The first kappa shape index (κ1) is 27.3. The first-order chi connectivity index (χ1) is 18.7. The smallest absolute Gasteiger partial charge is 0.277 e. The molecule has 0 aliphatic carbocycles. The first-order valence-electron chi connectivity index (χ1n) is 11.5. The third-order valence-corrected chi connectivity index (χ3v) is 6.49. The molecule has 7 N–H and O–H groups in total. The Kier molecular flexibility index (Phi) is 8.27. The summed E-state index contributed by atoms with van der Waals surface area (Å²) < 4.78 is 14.2. The van der Waals surface area contributed by atoms with Crippen LogP contribution in [0.1, 0.15) is 11.1 Å². The Bertz CT molecular complexity index is 1830. The van der Waals surface area contributed by atoms with E-state index in [1.807, 2.05) is 48.5 Å². The number of hydrogen-bond acceptors (Lipinski definition) is 9. The van der Waals surface area contributed by atoms with Crippen molar-refractivity contribution in [1.82, 2.24) is 29.1 Å². The number of nitrogens with one attached hydrogen (secondary N) is 3. The molecule has 0 fully saturated rings. The van der Waals surface area contributed by atoms with Gasteiger partial charge in [0.25, 0.3) is 11.1 Å². The Balaban J connectivity index is 0.000000181. The van der Waals surface area contributed by atoms with Crippen LogP contribution in [0.5, 0.6) is 11.5 Å². The summed E-state index contributed by atoms with van der Waals surface area (Å²) in [4.78, 5) is 35.2. The fraction of sp³-hybridized carbons (Fsp3) is 0.160. The second kappa shape index (κ2) is 11.8. The maximum atomic E-state index is 11.7. The third kappa shape index (κ3) is 6.08. The van der Waals surface area contributed by atoms with E-state index in [1.165, 1.54) is 6.33 Å². The van der Waals surface area contributed by atoms with Crippen LogP contribution >= 0.6 is 24.4 Å². The highest BCUT2D eigenvalue weighted by Crippen LogP contribution is 2.16. The van der Waals surface area contributed by atoms with Crippen molar-refractivity contribution in [3.63, 3.8) is 0 Å². The number of fused-ring (bicyclic) bond motifs is 1. The lowest BCUT2D eigenvalue weighted by Crippen LogP contribution is -2.21. The predicted octanol–water partition coefficient (Wildman–Crippen LogP) is 2.97. The summed E-state index contributed by atoms with van der Waals surface area (Å²) in [6, 6.07) is 15.1. The number of nitrogen functional groups attached to an aromatic ring is 2. The summed E-state index contributed by atoms with van der Waals surface area (Å²) in [6.45, 7) is 0.955. The number of nitrogens with two attached hydrogens (primary N) is 2. The van der Waals surface area contributed by atoms with Gasteiger partial charge in [0.15, 0.2) is 15.2 Å².